The van der Waals surface area contributed by atoms with Crippen molar-refractivity contribution in [2.24, 2.45) is 0 Å². The molecule has 3 rings (SSSR count). The van der Waals surface area contributed by atoms with Gasteiger partial charge in [-0.3, -0.25) is 9.78 Å². The first-order valence-electron chi connectivity index (χ1n) is 8.12. The summed E-state index contributed by atoms with van der Waals surface area (Å²) in [4.78, 5) is 18.7. The lowest BCUT2D eigenvalue weighted by Crippen LogP contribution is -2.30. The summed E-state index contributed by atoms with van der Waals surface area (Å²) in [6.45, 7) is 4.65. The van der Waals surface area contributed by atoms with Gasteiger partial charge in [0.15, 0.2) is 0 Å². The standard InChI is InChI=1S/C19H21FN2O/c1-3-19(23)22-10-4-5-18(22)17-12-15(11-13(2)21-17)14-6-8-16(20)9-7-14/h6-9,11-12,18H,3-5,10H2,1-2H3/t18-/m0/s1. The van der Waals surface area contributed by atoms with Gasteiger partial charge in [0.25, 0.3) is 0 Å². The van der Waals surface area contributed by atoms with Crippen molar-refractivity contribution < 1.29 is 9.18 Å². The molecular formula is C19H21FN2O. The molecule has 0 N–H and O–H groups in total. The summed E-state index contributed by atoms with van der Waals surface area (Å²) >= 11 is 0. The monoisotopic (exact) mass is 312 g/mol. The van der Waals surface area contributed by atoms with Crippen molar-refractivity contribution in [2.75, 3.05) is 6.54 Å². The van der Waals surface area contributed by atoms with Crippen molar-refractivity contribution in [3.63, 3.8) is 0 Å². The summed E-state index contributed by atoms with van der Waals surface area (Å²) in [5, 5.41) is 0. The molecule has 0 bridgehead atoms. The van der Waals surface area contributed by atoms with Gasteiger partial charge in [-0.05, 0) is 55.2 Å². The van der Waals surface area contributed by atoms with Crippen molar-refractivity contribution in [3.8, 4) is 11.1 Å². The average Bonchev–Trinajstić information content (AvgIpc) is 3.04. The second-order valence-corrected chi connectivity index (χ2v) is 6.03. The number of aryl methyl sites for hydroxylation is 1. The number of halogens is 1. The number of carbonyl (C=O) groups is 1. The molecule has 2 aromatic rings. The Hall–Kier alpha value is -2.23. The molecule has 2 heterocycles. The Bertz CT molecular complexity index is 712. The van der Waals surface area contributed by atoms with Crippen LogP contribution in [0.4, 0.5) is 4.39 Å². The van der Waals surface area contributed by atoms with E-state index in [0.717, 1.165) is 41.9 Å². The number of aromatic nitrogens is 1. The van der Waals surface area contributed by atoms with Gasteiger partial charge in [-0.2, -0.15) is 0 Å². The quantitative estimate of drug-likeness (QED) is 0.848. The van der Waals surface area contributed by atoms with Gasteiger partial charge >= 0.3 is 0 Å². The second-order valence-electron chi connectivity index (χ2n) is 6.03. The van der Waals surface area contributed by atoms with Gasteiger partial charge in [-0.1, -0.05) is 19.1 Å². The van der Waals surface area contributed by atoms with Crippen LogP contribution in [0.15, 0.2) is 36.4 Å². The van der Waals surface area contributed by atoms with E-state index in [-0.39, 0.29) is 17.8 Å². The van der Waals surface area contributed by atoms with Crippen molar-refractivity contribution in [1.82, 2.24) is 9.88 Å². The van der Waals surface area contributed by atoms with Crippen LogP contribution in [-0.2, 0) is 4.79 Å². The Morgan fingerprint density at radius 2 is 2.00 bits per heavy atom. The van der Waals surface area contributed by atoms with Crippen LogP contribution in [0, 0.1) is 12.7 Å². The number of carbonyl (C=O) groups excluding carboxylic acids is 1. The molecule has 120 valence electrons. The second kappa shape index (κ2) is 6.49. The lowest BCUT2D eigenvalue weighted by molar-refractivity contribution is -0.131. The Kier molecular flexibility index (Phi) is 4.42. The smallest absolute Gasteiger partial charge is 0.222 e. The van der Waals surface area contributed by atoms with Gasteiger partial charge in [-0.25, -0.2) is 4.39 Å². The van der Waals surface area contributed by atoms with Gasteiger partial charge in [0.1, 0.15) is 5.82 Å². The molecule has 0 unspecified atom stereocenters. The molecule has 1 atom stereocenters. The molecule has 3 nitrogen and oxygen atoms in total. The fourth-order valence-electron chi connectivity index (χ4n) is 3.25. The number of pyridine rings is 1. The number of likely N-dealkylation sites (tertiary alicyclic amines) is 1. The highest BCUT2D eigenvalue weighted by molar-refractivity contribution is 5.76. The summed E-state index contributed by atoms with van der Waals surface area (Å²) in [7, 11) is 0. The van der Waals surface area contributed by atoms with E-state index in [1.54, 1.807) is 12.1 Å². The van der Waals surface area contributed by atoms with Crippen LogP contribution in [0.5, 0.6) is 0 Å². The minimum atomic E-state index is -0.240. The highest BCUT2D eigenvalue weighted by Crippen LogP contribution is 2.33. The molecule has 1 aliphatic rings. The van der Waals surface area contributed by atoms with E-state index >= 15 is 0 Å². The molecule has 0 aliphatic carbocycles. The third-order valence-corrected chi connectivity index (χ3v) is 4.37. The molecule has 0 spiro atoms. The number of benzene rings is 1. The summed E-state index contributed by atoms with van der Waals surface area (Å²) in [5.74, 6) is -0.0607. The molecule has 1 aromatic carbocycles. The number of rotatable bonds is 3. The van der Waals surface area contributed by atoms with E-state index in [4.69, 9.17) is 0 Å². The largest absolute Gasteiger partial charge is 0.334 e. The highest BCUT2D eigenvalue weighted by atomic mass is 19.1. The Labute approximate surface area is 136 Å². The van der Waals surface area contributed by atoms with E-state index in [1.807, 2.05) is 30.9 Å². The van der Waals surface area contributed by atoms with Crippen LogP contribution in [0.3, 0.4) is 0 Å². The molecule has 1 fully saturated rings. The number of nitrogens with zero attached hydrogens (tertiary/aromatic N) is 2. The highest BCUT2D eigenvalue weighted by Gasteiger charge is 2.30. The molecule has 0 saturated carbocycles. The molecule has 1 saturated heterocycles. The van der Waals surface area contributed by atoms with Crippen LogP contribution in [0.2, 0.25) is 0 Å². The molecule has 23 heavy (non-hydrogen) atoms. The van der Waals surface area contributed by atoms with Gasteiger partial charge in [-0.15, -0.1) is 0 Å². The van der Waals surface area contributed by atoms with E-state index in [1.165, 1.54) is 12.1 Å². The first-order chi connectivity index (χ1) is 11.1. The van der Waals surface area contributed by atoms with Crippen molar-refractivity contribution in [3.05, 3.63) is 53.6 Å². The number of amides is 1. The van der Waals surface area contributed by atoms with Gasteiger partial charge < -0.3 is 4.90 Å². The van der Waals surface area contributed by atoms with Gasteiger partial charge in [0, 0.05) is 18.7 Å². The summed E-state index contributed by atoms with van der Waals surface area (Å²) in [6.07, 6.45) is 2.48. The maximum absolute atomic E-state index is 13.1. The van der Waals surface area contributed by atoms with E-state index in [0.29, 0.717) is 6.42 Å². The Balaban J connectivity index is 1.97. The van der Waals surface area contributed by atoms with Crippen LogP contribution >= 0.6 is 0 Å². The topological polar surface area (TPSA) is 33.2 Å². The van der Waals surface area contributed by atoms with Crippen LogP contribution in [-0.4, -0.2) is 22.3 Å². The van der Waals surface area contributed by atoms with Gasteiger partial charge in [0.2, 0.25) is 5.91 Å². The fourth-order valence-corrected chi connectivity index (χ4v) is 3.25. The minimum absolute atomic E-state index is 0.0570. The summed E-state index contributed by atoms with van der Waals surface area (Å²) < 4.78 is 13.1. The molecule has 1 aliphatic heterocycles. The first kappa shape index (κ1) is 15.7. The molecule has 4 heteroatoms. The lowest BCUT2D eigenvalue weighted by Gasteiger charge is -2.24. The third-order valence-electron chi connectivity index (χ3n) is 4.37. The third kappa shape index (κ3) is 3.26. The first-order valence-corrected chi connectivity index (χ1v) is 8.12. The Morgan fingerprint density at radius 3 is 2.70 bits per heavy atom. The van der Waals surface area contributed by atoms with Crippen LogP contribution < -0.4 is 0 Å². The fraction of sp³-hybridized carbons (Fsp3) is 0.368. The normalized spacial score (nSPS) is 17.5. The summed E-state index contributed by atoms with van der Waals surface area (Å²) in [6, 6.07) is 10.6. The molecule has 1 amide bonds. The average molecular weight is 312 g/mol. The van der Waals surface area contributed by atoms with E-state index in [2.05, 4.69) is 4.98 Å². The maximum Gasteiger partial charge on any atom is 0.222 e. The van der Waals surface area contributed by atoms with Crippen LogP contribution in [0.1, 0.15) is 43.6 Å². The van der Waals surface area contributed by atoms with Crippen molar-refractivity contribution in [1.29, 1.82) is 0 Å². The molecule has 0 radical (unpaired) electrons. The minimum Gasteiger partial charge on any atom is -0.334 e. The molecular weight excluding hydrogens is 291 g/mol. The van der Waals surface area contributed by atoms with E-state index < -0.39 is 0 Å². The maximum atomic E-state index is 13.1. The van der Waals surface area contributed by atoms with Crippen molar-refractivity contribution in [2.45, 2.75) is 39.2 Å². The SMILES string of the molecule is CCC(=O)N1CCC[C@H]1c1cc(-c2ccc(F)cc2)cc(C)n1. The van der Waals surface area contributed by atoms with Gasteiger partial charge in [0.05, 0.1) is 11.7 Å². The molecule has 1 aromatic heterocycles. The zero-order valence-electron chi connectivity index (χ0n) is 13.6. The predicted octanol–water partition coefficient (Wildman–Crippen LogP) is 4.27. The zero-order valence-corrected chi connectivity index (χ0v) is 13.6. The van der Waals surface area contributed by atoms with Crippen LogP contribution in [0.25, 0.3) is 11.1 Å². The Morgan fingerprint density at radius 1 is 1.26 bits per heavy atom. The lowest BCUT2D eigenvalue weighted by atomic mass is 10.0. The summed E-state index contributed by atoms with van der Waals surface area (Å²) in [5.41, 5.74) is 3.83. The zero-order chi connectivity index (χ0) is 16.4. The van der Waals surface area contributed by atoms with Crippen molar-refractivity contribution >= 4 is 5.91 Å². The number of hydrogen-bond acceptors (Lipinski definition) is 2. The number of hydrogen-bond donors (Lipinski definition) is 0. The van der Waals surface area contributed by atoms with E-state index in [9.17, 15) is 9.18 Å². The predicted molar refractivity (Wildman–Crippen MR) is 88.3 cm³/mol.